The minimum atomic E-state index is -0.583. The predicted molar refractivity (Wildman–Crippen MR) is 60.0 cm³/mol. The van der Waals surface area contributed by atoms with Crippen molar-refractivity contribution in [2.45, 2.75) is 27.7 Å². The molecule has 0 saturated carbocycles. The van der Waals surface area contributed by atoms with E-state index in [4.69, 9.17) is 42.1 Å². The molecule has 0 saturated heterocycles. The maximum Gasteiger partial charge on any atom is 2.00 e. The van der Waals surface area contributed by atoms with Crippen molar-refractivity contribution in [2.75, 3.05) is 0 Å². The van der Waals surface area contributed by atoms with Crippen LogP contribution >= 0.6 is 0 Å². The first-order valence-electron chi connectivity index (χ1n) is 3.82. The maximum absolute atomic E-state index is 9.11. The molecule has 0 unspecified atom stereocenters. The Morgan fingerprint density at radius 1 is 0.500 bits per heavy atom. The van der Waals surface area contributed by atoms with E-state index in [-0.39, 0.29) is 39.0 Å². The zero-order valence-corrected chi connectivity index (χ0v) is 13.6. The Hall–Kier alpha value is -0.873. The van der Waals surface area contributed by atoms with E-state index in [1.54, 1.807) is 0 Å². The second kappa shape index (κ2) is 29.8. The Morgan fingerprint density at radius 3 is 0.500 bits per heavy atom. The van der Waals surface area contributed by atoms with Crippen LogP contribution in [-0.4, -0.2) is 23.6 Å². The summed E-state index contributed by atoms with van der Waals surface area (Å²) in [7, 11) is 0. The van der Waals surface area contributed by atoms with Crippen LogP contribution in [-0.2, 0) is 58.1 Å². The molecule has 0 fully saturated rings. The third-order valence-corrected chi connectivity index (χ3v) is 0. The zero-order chi connectivity index (χ0) is 14.3. The molecule has 0 aliphatic rings. The van der Waals surface area contributed by atoms with Crippen molar-refractivity contribution < 1.29 is 58.1 Å². The minimum absolute atomic E-state index is 0. The van der Waals surface area contributed by atoms with Gasteiger partial charge in [-0.25, -0.2) is 0 Å². The third kappa shape index (κ3) is 3960. The van der Waals surface area contributed by atoms with Crippen LogP contribution in [0, 0.1) is 0 Å². The summed E-state index contributed by atoms with van der Waals surface area (Å²) >= 11 is 0. The summed E-state index contributed by atoms with van der Waals surface area (Å²) in [6, 6.07) is 0. The van der Waals surface area contributed by atoms with E-state index in [0.717, 1.165) is 0 Å². The first kappa shape index (κ1) is 36.0. The van der Waals surface area contributed by atoms with E-state index in [0.29, 0.717) is 0 Å². The second-order valence-electron chi connectivity index (χ2n) is 2.22. The quantitative estimate of drug-likeness (QED) is 0.531. The maximum atomic E-state index is 9.11. The predicted octanol–water partition coefficient (Wildman–Crippen LogP) is 2.34. The average molecular weight is 438 g/mol. The van der Waals surface area contributed by atoms with Crippen LogP contribution in [0.15, 0.2) is 0 Å². The van der Waals surface area contributed by atoms with Crippen LogP contribution in [0.1, 0.15) is 27.7 Å². The van der Waals surface area contributed by atoms with E-state index in [2.05, 4.69) is 0 Å². The van der Waals surface area contributed by atoms with Crippen LogP contribution in [0.25, 0.3) is 22.9 Å². The zero-order valence-electron chi connectivity index (χ0n) is 10.3. The molecule has 0 aliphatic heterocycles. The SMILES string of the molecule is CC([NH-])=O.CC([NH-])=O.CC([NH-])=O.CC([NH-])=O.[Rh+2].[Rh+2]. The summed E-state index contributed by atoms with van der Waals surface area (Å²) in [6.45, 7) is 4.78. The number of rotatable bonds is 0. The molecule has 0 bridgehead atoms. The Bertz CT molecular complexity index is 173. The number of hydrogen-bond donors (Lipinski definition) is 0. The summed E-state index contributed by atoms with van der Waals surface area (Å²) in [5.41, 5.74) is 23.8. The topological polar surface area (TPSA) is 163 Å². The van der Waals surface area contributed by atoms with Gasteiger partial charge in [-0.2, -0.15) is 0 Å². The summed E-state index contributed by atoms with van der Waals surface area (Å²) in [4.78, 5) is 36.4. The molecule has 0 aliphatic carbocycles. The van der Waals surface area contributed by atoms with Gasteiger partial charge in [0, 0.05) is 23.6 Å². The third-order valence-electron chi connectivity index (χ3n) is 0. The number of amides is 4. The molecule has 2 radical (unpaired) electrons. The Kier molecular flexibility index (Phi) is 59.6. The van der Waals surface area contributed by atoms with Gasteiger partial charge in [-0.1, -0.05) is 0 Å². The molecule has 8 nitrogen and oxygen atoms in total. The second-order valence-corrected chi connectivity index (χ2v) is 2.22. The van der Waals surface area contributed by atoms with E-state index in [1.165, 1.54) is 27.7 Å². The minimum Gasteiger partial charge on any atom is -0.668 e. The molecule has 0 spiro atoms. The van der Waals surface area contributed by atoms with Crippen LogP contribution < -0.4 is 0 Å². The summed E-state index contributed by atoms with van der Waals surface area (Å²) in [6.07, 6.45) is 0. The number of carbonyl (C=O) groups is 4. The molecule has 0 aromatic rings. The van der Waals surface area contributed by atoms with Crippen molar-refractivity contribution >= 4 is 23.6 Å². The average Bonchev–Trinajstić information content (AvgIpc) is 1.76. The van der Waals surface area contributed by atoms with Crippen molar-refractivity contribution in [1.82, 2.24) is 0 Å². The Labute approximate surface area is 132 Å². The van der Waals surface area contributed by atoms with Crippen LogP contribution in [0.5, 0.6) is 0 Å². The fourth-order valence-corrected chi connectivity index (χ4v) is 0. The smallest absolute Gasteiger partial charge is 0.668 e. The fourth-order valence-electron chi connectivity index (χ4n) is 0. The summed E-state index contributed by atoms with van der Waals surface area (Å²) in [5, 5.41) is 0. The molecule has 0 atom stereocenters. The molecule has 18 heavy (non-hydrogen) atoms. The molecule has 110 valence electrons. The summed E-state index contributed by atoms with van der Waals surface area (Å²) < 4.78 is 0. The largest absolute Gasteiger partial charge is 2.00 e. The molecule has 4 N–H and O–H groups in total. The van der Waals surface area contributed by atoms with Crippen molar-refractivity contribution in [3.63, 3.8) is 0 Å². The summed E-state index contributed by atoms with van der Waals surface area (Å²) in [5.74, 6) is -2.33. The first-order valence-corrected chi connectivity index (χ1v) is 3.82. The number of hydrogen-bond acceptors (Lipinski definition) is 4. The van der Waals surface area contributed by atoms with Crippen molar-refractivity contribution in [1.29, 1.82) is 0 Å². The normalized spacial score (nSPS) is 5.56. The van der Waals surface area contributed by atoms with Gasteiger partial charge in [-0.15, -0.1) is 0 Å². The van der Waals surface area contributed by atoms with Gasteiger partial charge in [0.2, 0.25) is 0 Å². The van der Waals surface area contributed by atoms with E-state index < -0.39 is 23.6 Å². The fraction of sp³-hybridized carbons (Fsp3) is 0.500. The molecule has 0 aromatic heterocycles. The van der Waals surface area contributed by atoms with Gasteiger partial charge in [-0.3, -0.25) is 0 Å². The standard InChI is InChI=1S/4C2H5NO.2Rh/c4*1-2(3)4;;/h4*1H3,(H2,3,4);;/q;;;;2*+2/p-4. The van der Waals surface area contributed by atoms with Gasteiger partial charge in [-0.05, 0) is 27.7 Å². The number of nitrogens with one attached hydrogen (secondary N) is 4. The van der Waals surface area contributed by atoms with Gasteiger partial charge in [0.25, 0.3) is 0 Å². The molecule has 10 heteroatoms. The van der Waals surface area contributed by atoms with Gasteiger partial charge < -0.3 is 42.1 Å². The number of carbonyl (C=O) groups excluding carboxylic acids is 4. The molecular weight excluding hydrogens is 422 g/mol. The molecule has 0 rings (SSSR count). The van der Waals surface area contributed by atoms with E-state index >= 15 is 0 Å². The van der Waals surface area contributed by atoms with Gasteiger partial charge in [0.1, 0.15) is 0 Å². The first-order chi connectivity index (χ1) is 6.93. The monoisotopic (exact) mass is 438 g/mol. The molecule has 0 heterocycles. The van der Waals surface area contributed by atoms with E-state index in [1.807, 2.05) is 0 Å². The Balaban J connectivity index is -0.0000000257. The van der Waals surface area contributed by atoms with Crippen LogP contribution in [0.4, 0.5) is 0 Å². The van der Waals surface area contributed by atoms with Crippen molar-refractivity contribution in [3.8, 4) is 0 Å². The van der Waals surface area contributed by atoms with Gasteiger partial charge >= 0.3 is 39.0 Å². The molecule has 4 amide bonds. The van der Waals surface area contributed by atoms with Crippen LogP contribution in [0.2, 0.25) is 0 Å². The van der Waals surface area contributed by atoms with Crippen molar-refractivity contribution in [2.24, 2.45) is 0 Å². The van der Waals surface area contributed by atoms with E-state index in [9.17, 15) is 0 Å². The van der Waals surface area contributed by atoms with Crippen molar-refractivity contribution in [3.05, 3.63) is 22.9 Å². The Morgan fingerprint density at radius 2 is 0.500 bits per heavy atom. The van der Waals surface area contributed by atoms with Gasteiger partial charge in [0.05, 0.1) is 0 Å². The molecule has 0 aromatic carbocycles. The molecular formula is C8H16N4O4Rh2. The van der Waals surface area contributed by atoms with Crippen LogP contribution in [0.3, 0.4) is 0 Å². The van der Waals surface area contributed by atoms with Gasteiger partial charge in [0.15, 0.2) is 0 Å².